The molecule has 0 aromatic rings. The molecule has 1 unspecified atom stereocenters. The van der Waals surface area contributed by atoms with E-state index in [0.717, 1.165) is 25.4 Å². The van der Waals surface area contributed by atoms with Crippen LogP contribution in [0, 0.1) is 5.92 Å². The SMILES string of the molecule is CC(C)CNCCC(C)N. The van der Waals surface area contributed by atoms with E-state index in [2.05, 4.69) is 19.2 Å². The van der Waals surface area contributed by atoms with Gasteiger partial charge >= 0.3 is 0 Å². The Bertz CT molecular complexity index is 59.7. The van der Waals surface area contributed by atoms with Crippen LogP contribution in [0.25, 0.3) is 0 Å². The van der Waals surface area contributed by atoms with Crippen molar-refractivity contribution in [2.24, 2.45) is 11.7 Å². The van der Waals surface area contributed by atoms with Gasteiger partial charge in [0, 0.05) is 6.04 Å². The maximum atomic E-state index is 5.57. The van der Waals surface area contributed by atoms with Crippen molar-refractivity contribution < 1.29 is 0 Å². The van der Waals surface area contributed by atoms with E-state index in [1.807, 2.05) is 6.92 Å². The summed E-state index contributed by atoms with van der Waals surface area (Å²) in [4.78, 5) is 0. The fraction of sp³-hybridized carbons (Fsp3) is 1.00. The molecule has 0 saturated carbocycles. The summed E-state index contributed by atoms with van der Waals surface area (Å²) in [7, 11) is 0. The molecular weight excluding hydrogens is 124 g/mol. The second-order valence-corrected chi connectivity index (χ2v) is 3.36. The Balaban J connectivity index is 2.91. The van der Waals surface area contributed by atoms with Crippen LogP contribution in [0.2, 0.25) is 0 Å². The van der Waals surface area contributed by atoms with Crippen LogP contribution in [0.15, 0.2) is 0 Å². The van der Waals surface area contributed by atoms with E-state index in [1.165, 1.54) is 0 Å². The molecule has 62 valence electrons. The van der Waals surface area contributed by atoms with Crippen LogP contribution in [-0.2, 0) is 0 Å². The fourth-order valence-electron chi connectivity index (χ4n) is 0.720. The lowest BCUT2D eigenvalue weighted by atomic mass is 10.2. The quantitative estimate of drug-likeness (QED) is 0.564. The first-order valence-corrected chi connectivity index (χ1v) is 4.09. The molecule has 0 aliphatic rings. The molecule has 0 aromatic carbocycles. The fourth-order valence-corrected chi connectivity index (χ4v) is 0.720. The molecule has 2 nitrogen and oxygen atoms in total. The van der Waals surface area contributed by atoms with Crippen molar-refractivity contribution in [3.63, 3.8) is 0 Å². The van der Waals surface area contributed by atoms with E-state index in [4.69, 9.17) is 5.73 Å². The Labute approximate surface area is 64.2 Å². The molecule has 0 radical (unpaired) electrons. The van der Waals surface area contributed by atoms with Gasteiger partial charge in [-0.2, -0.15) is 0 Å². The Hall–Kier alpha value is -0.0800. The standard InChI is InChI=1S/C8H20N2/c1-7(2)6-10-5-4-8(3)9/h7-8,10H,4-6,9H2,1-3H3. The van der Waals surface area contributed by atoms with Crippen LogP contribution in [-0.4, -0.2) is 19.1 Å². The second kappa shape index (κ2) is 5.69. The molecule has 0 aromatic heterocycles. The Kier molecular flexibility index (Phi) is 5.64. The molecule has 0 saturated heterocycles. The predicted molar refractivity (Wildman–Crippen MR) is 46.0 cm³/mol. The van der Waals surface area contributed by atoms with Crippen LogP contribution < -0.4 is 11.1 Å². The Morgan fingerprint density at radius 1 is 1.30 bits per heavy atom. The highest BCUT2D eigenvalue weighted by Crippen LogP contribution is 1.88. The van der Waals surface area contributed by atoms with Crippen molar-refractivity contribution in [1.82, 2.24) is 5.32 Å². The third-order valence-electron chi connectivity index (χ3n) is 1.33. The number of hydrogen-bond acceptors (Lipinski definition) is 2. The van der Waals surface area contributed by atoms with Crippen molar-refractivity contribution in [2.75, 3.05) is 13.1 Å². The number of nitrogens with two attached hydrogens (primary N) is 1. The molecule has 1 atom stereocenters. The normalized spacial score (nSPS) is 14.1. The van der Waals surface area contributed by atoms with E-state index in [-0.39, 0.29) is 0 Å². The van der Waals surface area contributed by atoms with Crippen molar-refractivity contribution in [3.8, 4) is 0 Å². The van der Waals surface area contributed by atoms with Gasteiger partial charge in [-0.05, 0) is 32.4 Å². The van der Waals surface area contributed by atoms with E-state index in [9.17, 15) is 0 Å². The minimum Gasteiger partial charge on any atom is -0.328 e. The number of rotatable bonds is 5. The van der Waals surface area contributed by atoms with E-state index < -0.39 is 0 Å². The largest absolute Gasteiger partial charge is 0.328 e. The zero-order valence-corrected chi connectivity index (χ0v) is 7.35. The summed E-state index contributed by atoms with van der Waals surface area (Å²) < 4.78 is 0. The summed E-state index contributed by atoms with van der Waals surface area (Å²) in [5.41, 5.74) is 5.57. The first-order valence-electron chi connectivity index (χ1n) is 4.09. The van der Waals surface area contributed by atoms with Crippen LogP contribution in [0.4, 0.5) is 0 Å². The maximum absolute atomic E-state index is 5.57. The topological polar surface area (TPSA) is 38.0 Å². The van der Waals surface area contributed by atoms with Gasteiger partial charge in [-0.3, -0.25) is 0 Å². The molecule has 0 fully saturated rings. The Morgan fingerprint density at radius 3 is 2.30 bits per heavy atom. The van der Waals surface area contributed by atoms with Crippen LogP contribution in [0.1, 0.15) is 27.2 Å². The summed E-state index contributed by atoms with van der Waals surface area (Å²) in [6.07, 6.45) is 1.08. The van der Waals surface area contributed by atoms with Crippen molar-refractivity contribution in [1.29, 1.82) is 0 Å². The van der Waals surface area contributed by atoms with E-state index >= 15 is 0 Å². The van der Waals surface area contributed by atoms with Gasteiger partial charge in [0.2, 0.25) is 0 Å². The van der Waals surface area contributed by atoms with E-state index in [0.29, 0.717) is 6.04 Å². The van der Waals surface area contributed by atoms with E-state index in [1.54, 1.807) is 0 Å². The molecule has 0 aliphatic carbocycles. The maximum Gasteiger partial charge on any atom is 0.00225 e. The minimum atomic E-state index is 0.333. The van der Waals surface area contributed by atoms with Crippen LogP contribution in [0.5, 0.6) is 0 Å². The summed E-state index contributed by atoms with van der Waals surface area (Å²) in [6.45, 7) is 8.61. The average Bonchev–Trinajstić information content (AvgIpc) is 1.79. The lowest BCUT2D eigenvalue weighted by molar-refractivity contribution is 0.523. The van der Waals surface area contributed by atoms with Gasteiger partial charge in [0.25, 0.3) is 0 Å². The molecule has 10 heavy (non-hydrogen) atoms. The van der Waals surface area contributed by atoms with Gasteiger partial charge in [0.05, 0.1) is 0 Å². The first-order chi connectivity index (χ1) is 4.63. The molecule has 0 spiro atoms. The number of hydrogen-bond donors (Lipinski definition) is 2. The average molecular weight is 144 g/mol. The summed E-state index contributed by atoms with van der Waals surface area (Å²) in [5, 5.41) is 3.34. The van der Waals surface area contributed by atoms with Gasteiger partial charge in [0.1, 0.15) is 0 Å². The molecule has 0 aliphatic heterocycles. The van der Waals surface area contributed by atoms with Crippen LogP contribution in [0.3, 0.4) is 0 Å². The predicted octanol–water partition coefficient (Wildman–Crippen LogP) is 0.969. The van der Waals surface area contributed by atoms with Gasteiger partial charge < -0.3 is 11.1 Å². The third-order valence-corrected chi connectivity index (χ3v) is 1.33. The summed E-state index contributed by atoms with van der Waals surface area (Å²) >= 11 is 0. The lowest BCUT2D eigenvalue weighted by Gasteiger charge is -2.08. The molecule has 0 rings (SSSR count). The Morgan fingerprint density at radius 2 is 1.90 bits per heavy atom. The smallest absolute Gasteiger partial charge is 0.00225 e. The van der Waals surface area contributed by atoms with Gasteiger partial charge in [-0.25, -0.2) is 0 Å². The summed E-state index contributed by atoms with van der Waals surface area (Å²) in [5.74, 6) is 0.744. The lowest BCUT2D eigenvalue weighted by Crippen LogP contribution is -2.26. The van der Waals surface area contributed by atoms with Gasteiger partial charge in [-0.15, -0.1) is 0 Å². The molecule has 3 N–H and O–H groups in total. The zero-order chi connectivity index (χ0) is 7.98. The number of nitrogens with one attached hydrogen (secondary N) is 1. The highest BCUT2D eigenvalue weighted by molar-refractivity contribution is 4.56. The van der Waals surface area contributed by atoms with Gasteiger partial charge in [-0.1, -0.05) is 13.8 Å². The molecule has 0 heterocycles. The monoisotopic (exact) mass is 144 g/mol. The highest BCUT2D eigenvalue weighted by atomic mass is 14.9. The van der Waals surface area contributed by atoms with Crippen molar-refractivity contribution in [2.45, 2.75) is 33.2 Å². The van der Waals surface area contributed by atoms with Crippen molar-refractivity contribution >= 4 is 0 Å². The molecule has 0 bridgehead atoms. The minimum absolute atomic E-state index is 0.333. The first kappa shape index (κ1) is 9.92. The molecular formula is C8H20N2. The second-order valence-electron chi connectivity index (χ2n) is 3.36. The molecule has 0 amide bonds. The van der Waals surface area contributed by atoms with Gasteiger partial charge in [0.15, 0.2) is 0 Å². The highest BCUT2D eigenvalue weighted by Gasteiger charge is 1.94. The zero-order valence-electron chi connectivity index (χ0n) is 7.35. The summed E-state index contributed by atoms with van der Waals surface area (Å²) in [6, 6.07) is 0.333. The van der Waals surface area contributed by atoms with Crippen LogP contribution >= 0.6 is 0 Å². The third kappa shape index (κ3) is 7.92. The van der Waals surface area contributed by atoms with Crippen molar-refractivity contribution in [3.05, 3.63) is 0 Å². The molecule has 2 heteroatoms.